The van der Waals surface area contributed by atoms with E-state index in [-0.39, 0.29) is 31.1 Å². The van der Waals surface area contributed by atoms with E-state index in [1.807, 2.05) is 6.07 Å². The Bertz CT molecular complexity index is 665. The number of nitro groups is 1. The molecule has 21 heavy (non-hydrogen) atoms. The molecule has 1 unspecified atom stereocenters. The van der Waals surface area contributed by atoms with Crippen molar-refractivity contribution < 1.29 is 18.1 Å². The fourth-order valence-corrected chi connectivity index (χ4v) is 3.48. The average molecular weight is 311 g/mol. The van der Waals surface area contributed by atoms with Gasteiger partial charge in [0.25, 0.3) is 5.69 Å². The van der Waals surface area contributed by atoms with Crippen LogP contribution in [0, 0.1) is 21.4 Å². The number of hydrogen-bond acceptors (Lipinski definition) is 6. The standard InChI is InChI=1S/C12H13N3O5S/c13-7-12-8-14(5-6-20-12)21(18,19)9-10-1-3-11(4-2-10)15(16)17/h1-4,12H,5-6,8-9H2. The number of nitrogens with zero attached hydrogens (tertiary/aromatic N) is 3. The van der Waals surface area contributed by atoms with E-state index in [1.165, 1.54) is 28.6 Å². The molecule has 1 aromatic rings. The van der Waals surface area contributed by atoms with Crippen molar-refractivity contribution in [1.82, 2.24) is 4.31 Å². The van der Waals surface area contributed by atoms with E-state index >= 15 is 0 Å². The molecule has 1 aromatic carbocycles. The van der Waals surface area contributed by atoms with Gasteiger partial charge in [-0.25, -0.2) is 8.42 Å². The van der Waals surface area contributed by atoms with Gasteiger partial charge in [-0.2, -0.15) is 9.57 Å². The number of hydrogen-bond donors (Lipinski definition) is 0. The van der Waals surface area contributed by atoms with E-state index < -0.39 is 21.1 Å². The molecule has 9 heteroatoms. The number of sulfonamides is 1. The summed E-state index contributed by atoms with van der Waals surface area (Å²) in [6.07, 6.45) is -0.759. The van der Waals surface area contributed by atoms with Crippen LogP contribution in [0.5, 0.6) is 0 Å². The molecule has 0 saturated carbocycles. The highest BCUT2D eigenvalue weighted by Gasteiger charge is 2.29. The fourth-order valence-electron chi connectivity index (χ4n) is 1.97. The highest BCUT2D eigenvalue weighted by Crippen LogP contribution is 2.17. The third-order valence-corrected chi connectivity index (χ3v) is 4.88. The third kappa shape index (κ3) is 3.75. The molecule has 0 N–H and O–H groups in total. The fraction of sp³-hybridized carbons (Fsp3) is 0.417. The van der Waals surface area contributed by atoms with Gasteiger partial charge >= 0.3 is 0 Å². The first kappa shape index (κ1) is 15.4. The van der Waals surface area contributed by atoms with E-state index in [9.17, 15) is 18.5 Å². The predicted octanol–water partition coefficient (Wildman–Crippen LogP) is 0.649. The van der Waals surface area contributed by atoms with Crippen molar-refractivity contribution in [3.8, 4) is 6.07 Å². The van der Waals surface area contributed by atoms with E-state index in [0.29, 0.717) is 5.56 Å². The summed E-state index contributed by atoms with van der Waals surface area (Å²) in [4.78, 5) is 10.0. The minimum atomic E-state index is -3.58. The monoisotopic (exact) mass is 311 g/mol. The maximum atomic E-state index is 12.3. The molecule has 0 aromatic heterocycles. The van der Waals surface area contributed by atoms with Crippen molar-refractivity contribution in [2.45, 2.75) is 11.9 Å². The molecule has 1 fully saturated rings. The Morgan fingerprint density at radius 3 is 2.67 bits per heavy atom. The van der Waals surface area contributed by atoms with Gasteiger partial charge in [0.05, 0.1) is 29.9 Å². The summed E-state index contributed by atoms with van der Waals surface area (Å²) in [6, 6.07) is 7.25. The SMILES string of the molecule is N#CC1CN(S(=O)(=O)Cc2ccc([N+](=O)[O-])cc2)CCO1. The summed E-state index contributed by atoms with van der Waals surface area (Å²) in [5.74, 6) is -0.261. The van der Waals surface area contributed by atoms with Gasteiger partial charge in [0, 0.05) is 18.7 Å². The van der Waals surface area contributed by atoms with E-state index in [0.717, 1.165) is 0 Å². The van der Waals surface area contributed by atoms with Crippen molar-refractivity contribution in [2.75, 3.05) is 19.7 Å². The molecule has 1 atom stereocenters. The van der Waals surface area contributed by atoms with Crippen LogP contribution >= 0.6 is 0 Å². The van der Waals surface area contributed by atoms with Gasteiger partial charge in [-0.1, -0.05) is 12.1 Å². The first-order valence-electron chi connectivity index (χ1n) is 6.15. The Labute approximate surface area is 121 Å². The van der Waals surface area contributed by atoms with Gasteiger partial charge in [0.2, 0.25) is 10.0 Å². The second-order valence-corrected chi connectivity index (χ2v) is 6.50. The van der Waals surface area contributed by atoms with Crippen LogP contribution in [0.25, 0.3) is 0 Å². The first-order chi connectivity index (χ1) is 9.92. The Hall–Kier alpha value is -2.02. The Balaban J connectivity index is 2.10. The van der Waals surface area contributed by atoms with Crippen molar-refractivity contribution in [2.24, 2.45) is 0 Å². The topological polar surface area (TPSA) is 114 Å². The zero-order valence-electron chi connectivity index (χ0n) is 11.0. The molecule has 1 heterocycles. The van der Waals surface area contributed by atoms with Gasteiger partial charge in [0.1, 0.15) is 0 Å². The first-order valence-corrected chi connectivity index (χ1v) is 7.75. The maximum Gasteiger partial charge on any atom is 0.269 e. The van der Waals surface area contributed by atoms with Crippen LogP contribution in [-0.4, -0.2) is 43.4 Å². The molecule has 1 saturated heterocycles. The van der Waals surface area contributed by atoms with Crippen LogP contribution < -0.4 is 0 Å². The number of benzene rings is 1. The summed E-state index contributed by atoms with van der Waals surface area (Å²) in [5, 5.41) is 19.3. The lowest BCUT2D eigenvalue weighted by Crippen LogP contribution is -2.45. The van der Waals surface area contributed by atoms with Crippen LogP contribution in [0.4, 0.5) is 5.69 Å². The number of rotatable bonds is 4. The summed E-state index contributed by atoms with van der Waals surface area (Å²) >= 11 is 0. The Morgan fingerprint density at radius 2 is 2.10 bits per heavy atom. The minimum Gasteiger partial charge on any atom is -0.361 e. The molecule has 0 aliphatic carbocycles. The lowest BCUT2D eigenvalue weighted by Gasteiger charge is -2.28. The molecule has 112 valence electrons. The van der Waals surface area contributed by atoms with Crippen LogP contribution in [0.2, 0.25) is 0 Å². The predicted molar refractivity (Wildman–Crippen MR) is 72.6 cm³/mol. The molecule has 8 nitrogen and oxygen atoms in total. The summed E-state index contributed by atoms with van der Waals surface area (Å²) in [6.45, 7) is 0.386. The molecular weight excluding hydrogens is 298 g/mol. The third-order valence-electron chi connectivity index (χ3n) is 3.06. The van der Waals surface area contributed by atoms with Crippen molar-refractivity contribution >= 4 is 15.7 Å². The van der Waals surface area contributed by atoms with Crippen molar-refractivity contribution in [1.29, 1.82) is 5.26 Å². The largest absolute Gasteiger partial charge is 0.361 e. The van der Waals surface area contributed by atoms with Gasteiger partial charge in [-0.3, -0.25) is 10.1 Å². The summed E-state index contributed by atoms with van der Waals surface area (Å²) in [5.41, 5.74) is 0.368. The smallest absolute Gasteiger partial charge is 0.269 e. The highest BCUT2D eigenvalue weighted by atomic mass is 32.2. The Morgan fingerprint density at radius 1 is 1.43 bits per heavy atom. The van der Waals surface area contributed by atoms with Crippen LogP contribution in [-0.2, 0) is 20.5 Å². The quantitative estimate of drug-likeness (QED) is 0.596. The van der Waals surface area contributed by atoms with Crippen molar-refractivity contribution in [3.05, 3.63) is 39.9 Å². The van der Waals surface area contributed by atoms with Gasteiger partial charge in [0.15, 0.2) is 6.10 Å². The van der Waals surface area contributed by atoms with Gasteiger partial charge < -0.3 is 4.74 Å². The number of nitro benzene ring substituents is 1. The molecule has 0 amide bonds. The van der Waals surface area contributed by atoms with Crippen LogP contribution in [0.15, 0.2) is 24.3 Å². The number of ether oxygens (including phenoxy) is 1. The van der Waals surface area contributed by atoms with Crippen LogP contribution in [0.3, 0.4) is 0 Å². The molecule has 1 aliphatic heterocycles. The lowest BCUT2D eigenvalue weighted by molar-refractivity contribution is -0.384. The molecule has 0 bridgehead atoms. The number of morpholine rings is 1. The van der Waals surface area contributed by atoms with E-state index in [4.69, 9.17) is 10.00 Å². The summed E-state index contributed by atoms with van der Waals surface area (Å²) < 4.78 is 30.8. The Kier molecular flexibility index (Phi) is 4.52. The second-order valence-electron chi connectivity index (χ2n) is 4.53. The molecule has 0 spiro atoms. The van der Waals surface area contributed by atoms with E-state index in [2.05, 4.69) is 0 Å². The zero-order valence-corrected chi connectivity index (χ0v) is 11.8. The zero-order chi connectivity index (χ0) is 15.5. The van der Waals surface area contributed by atoms with E-state index in [1.54, 1.807) is 0 Å². The second kappa shape index (κ2) is 6.17. The number of non-ortho nitro benzene ring substituents is 1. The lowest BCUT2D eigenvalue weighted by atomic mass is 10.2. The molecular formula is C12H13N3O5S. The van der Waals surface area contributed by atoms with Gasteiger partial charge in [-0.05, 0) is 5.56 Å². The van der Waals surface area contributed by atoms with Crippen LogP contribution in [0.1, 0.15) is 5.56 Å². The molecule has 0 radical (unpaired) electrons. The number of nitriles is 1. The summed E-state index contributed by atoms with van der Waals surface area (Å²) in [7, 11) is -3.58. The minimum absolute atomic E-state index is 0.00577. The highest BCUT2D eigenvalue weighted by molar-refractivity contribution is 7.88. The molecule has 2 rings (SSSR count). The molecule has 1 aliphatic rings. The normalized spacial score (nSPS) is 19.9. The van der Waals surface area contributed by atoms with Crippen molar-refractivity contribution in [3.63, 3.8) is 0 Å². The average Bonchev–Trinajstić information content (AvgIpc) is 2.47. The maximum absolute atomic E-state index is 12.3. The van der Waals surface area contributed by atoms with Gasteiger partial charge in [-0.15, -0.1) is 0 Å².